The van der Waals surface area contributed by atoms with Crippen molar-refractivity contribution >= 4 is 0 Å². The molecule has 1 aromatic heterocycles. The van der Waals surface area contributed by atoms with Gasteiger partial charge in [0.2, 0.25) is 0 Å². The quantitative estimate of drug-likeness (QED) is 0.825. The first-order valence-electron chi connectivity index (χ1n) is 6.42. The lowest BCUT2D eigenvalue weighted by Crippen LogP contribution is -2.36. The molecule has 0 N–H and O–H groups in total. The van der Waals surface area contributed by atoms with Crippen molar-refractivity contribution in [2.75, 3.05) is 0 Å². The molecule has 3 nitrogen and oxygen atoms in total. The standard InChI is InChI=1S/C15H16F3NO2/c1-14(2,3)15(17,18)20-9-12-8-13(21-19-12)10-4-6-11(16)7-5-10/h4-8H,9H2,1-3H3. The van der Waals surface area contributed by atoms with Crippen molar-refractivity contribution in [3.8, 4) is 11.3 Å². The normalized spacial score (nSPS) is 12.7. The van der Waals surface area contributed by atoms with E-state index in [0.717, 1.165) is 0 Å². The highest BCUT2D eigenvalue weighted by Crippen LogP contribution is 2.37. The first-order chi connectivity index (χ1) is 9.69. The van der Waals surface area contributed by atoms with Gasteiger partial charge in [0.25, 0.3) is 0 Å². The number of benzene rings is 1. The van der Waals surface area contributed by atoms with Crippen molar-refractivity contribution in [1.29, 1.82) is 0 Å². The molecule has 0 aliphatic carbocycles. The summed E-state index contributed by atoms with van der Waals surface area (Å²) in [4.78, 5) is 0. The summed E-state index contributed by atoms with van der Waals surface area (Å²) >= 11 is 0. The Morgan fingerprint density at radius 2 is 1.76 bits per heavy atom. The summed E-state index contributed by atoms with van der Waals surface area (Å²) in [5.41, 5.74) is -0.452. The lowest BCUT2D eigenvalue weighted by molar-refractivity contribution is -0.301. The average Bonchev–Trinajstić information content (AvgIpc) is 2.85. The minimum atomic E-state index is -3.28. The van der Waals surface area contributed by atoms with Gasteiger partial charge >= 0.3 is 6.11 Å². The van der Waals surface area contributed by atoms with E-state index in [1.54, 1.807) is 0 Å². The number of hydrogen-bond acceptors (Lipinski definition) is 3. The minimum Gasteiger partial charge on any atom is -0.356 e. The maximum atomic E-state index is 13.7. The zero-order chi connectivity index (χ0) is 15.7. The van der Waals surface area contributed by atoms with Gasteiger partial charge in [0.05, 0.1) is 12.0 Å². The Morgan fingerprint density at radius 1 is 1.14 bits per heavy atom. The largest absolute Gasteiger partial charge is 0.360 e. The summed E-state index contributed by atoms with van der Waals surface area (Å²) < 4.78 is 49.8. The molecular formula is C15H16F3NO2. The number of ether oxygens (including phenoxy) is 1. The van der Waals surface area contributed by atoms with E-state index in [1.165, 1.54) is 51.1 Å². The van der Waals surface area contributed by atoms with Gasteiger partial charge in [-0.1, -0.05) is 25.9 Å². The highest BCUT2D eigenvalue weighted by atomic mass is 19.3. The van der Waals surface area contributed by atoms with Crippen molar-refractivity contribution in [2.45, 2.75) is 33.5 Å². The molecule has 2 aromatic rings. The predicted octanol–water partition coefficient (Wildman–Crippen LogP) is 4.64. The van der Waals surface area contributed by atoms with Gasteiger partial charge in [-0.05, 0) is 24.3 Å². The van der Waals surface area contributed by atoms with Gasteiger partial charge in [0, 0.05) is 11.6 Å². The Morgan fingerprint density at radius 3 is 2.33 bits per heavy atom. The molecule has 0 bridgehead atoms. The number of alkyl halides is 2. The van der Waals surface area contributed by atoms with Crippen molar-refractivity contribution in [1.82, 2.24) is 5.16 Å². The van der Waals surface area contributed by atoms with Gasteiger partial charge in [0.1, 0.15) is 11.5 Å². The molecule has 0 unspecified atom stereocenters. The van der Waals surface area contributed by atoms with Crippen molar-refractivity contribution in [3.63, 3.8) is 0 Å². The summed E-state index contributed by atoms with van der Waals surface area (Å²) in [6, 6.07) is 7.09. The Bertz CT molecular complexity index is 600. The molecule has 0 radical (unpaired) electrons. The molecule has 0 spiro atoms. The summed E-state index contributed by atoms with van der Waals surface area (Å²) in [5.74, 6) is -0.000633. The third kappa shape index (κ3) is 3.64. The second kappa shape index (κ2) is 5.52. The van der Waals surface area contributed by atoms with Crippen LogP contribution in [0, 0.1) is 11.2 Å². The van der Waals surface area contributed by atoms with E-state index in [9.17, 15) is 13.2 Å². The van der Waals surface area contributed by atoms with Crippen LogP contribution in [0.2, 0.25) is 0 Å². The van der Waals surface area contributed by atoms with Gasteiger partial charge in [-0.25, -0.2) is 4.39 Å². The van der Waals surface area contributed by atoms with Gasteiger partial charge < -0.3 is 9.26 Å². The lowest BCUT2D eigenvalue weighted by Gasteiger charge is -2.29. The molecule has 0 atom stereocenters. The van der Waals surface area contributed by atoms with Crippen molar-refractivity contribution in [2.24, 2.45) is 5.41 Å². The van der Waals surface area contributed by atoms with Crippen LogP contribution in [-0.2, 0) is 11.3 Å². The van der Waals surface area contributed by atoms with Gasteiger partial charge in [-0.3, -0.25) is 0 Å². The zero-order valence-electron chi connectivity index (χ0n) is 12.0. The molecule has 0 fully saturated rings. The van der Waals surface area contributed by atoms with Gasteiger partial charge in [0.15, 0.2) is 5.76 Å². The lowest BCUT2D eigenvalue weighted by atomic mass is 9.95. The molecule has 0 aliphatic heterocycles. The Kier molecular flexibility index (Phi) is 4.09. The van der Waals surface area contributed by atoms with Crippen LogP contribution >= 0.6 is 0 Å². The fourth-order valence-electron chi connectivity index (χ4n) is 1.51. The van der Waals surface area contributed by atoms with E-state index in [1.807, 2.05) is 0 Å². The topological polar surface area (TPSA) is 35.3 Å². The Balaban J connectivity index is 2.06. The number of aromatic nitrogens is 1. The molecular weight excluding hydrogens is 283 g/mol. The SMILES string of the molecule is CC(C)(C)C(F)(F)OCc1cc(-c2ccc(F)cc2)on1. The van der Waals surface area contributed by atoms with Gasteiger partial charge in [-0.15, -0.1) is 0 Å². The maximum absolute atomic E-state index is 13.7. The highest BCUT2D eigenvalue weighted by Gasteiger charge is 2.44. The summed E-state index contributed by atoms with van der Waals surface area (Å²) in [5, 5.41) is 3.67. The number of hydrogen-bond donors (Lipinski definition) is 0. The molecule has 6 heteroatoms. The van der Waals surface area contributed by atoms with E-state index in [0.29, 0.717) is 11.3 Å². The van der Waals surface area contributed by atoms with E-state index >= 15 is 0 Å². The fourth-order valence-corrected chi connectivity index (χ4v) is 1.51. The zero-order valence-corrected chi connectivity index (χ0v) is 12.0. The smallest absolute Gasteiger partial charge is 0.356 e. The third-order valence-electron chi connectivity index (χ3n) is 2.96. The summed E-state index contributed by atoms with van der Waals surface area (Å²) in [6.07, 6.45) is -3.28. The Hall–Kier alpha value is -1.82. The Labute approximate surface area is 120 Å². The predicted molar refractivity (Wildman–Crippen MR) is 71.1 cm³/mol. The summed E-state index contributed by atoms with van der Waals surface area (Å²) in [6.45, 7) is 3.80. The van der Waals surface area contributed by atoms with Crippen LogP contribution < -0.4 is 0 Å². The van der Waals surface area contributed by atoms with E-state index in [2.05, 4.69) is 9.89 Å². The first kappa shape index (κ1) is 15.6. The molecule has 1 aromatic carbocycles. The molecule has 0 amide bonds. The first-order valence-corrected chi connectivity index (χ1v) is 6.42. The van der Waals surface area contributed by atoms with Crippen LogP contribution in [-0.4, -0.2) is 11.3 Å². The molecule has 1 heterocycles. The molecule has 2 rings (SSSR count). The van der Waals surface area contributed by atoms with Crippen LogP contribution in [0.25, 0.3) is 11.3 Å². The highest BCUT2D eigenvalue weighted by molar-refractivity contribution is 5.56. The van der Waals surface area contributed by atoms with Crippen LogP contribution in [0.15, 0.2) is 34.9 Å². The monoisotopic (exact) mass is 299 g/mol. The molecule has 21 heavy (non-hydrogen) atoms. The van der Waals surface area contributed by atoms with Crippen LogP contribution in [0.5, 0.6) is 0 Å². The average molecular weight is 299 g/mol. The van der Waals surface area contributed by atoms with E-state index < -0.39 is 11.5 Å². The number of nitrogens with zero attached hydrogens (tertiary/aromatic N) is 1. The molecule has 0 saturated carbocycles. The second-order valence-electron chi connectivity index (χ2n) is 5.74. The summed E-state index contributed by atoms with van der Waals surface area (Å²) in [7, 11) is 0. The molecule has 0 aliphatic rings. The molecule has 0 saturated heterocycles. The molecule has 114 valence electrons. The second-order valence-corrected chi connectivity index (χ2v) is 5.74. The number of halogens is 3. The van der Waals surface area contributed by atoms with Crippen LogP contribution in [0.4, 0.5) is 13.2 Å². The van der Waals surface area contributed by atoms with Crippen LogP contribution in [0.3, 0.4) is 0 Å². The van der Waals surface area contributed by atoms with Crippen molar-refractivity contribution in [3.05, 3.63) is 41.8 Å². The fraction of sp³-hybridized carbons (Fsp3) is 0.400. The van der Waals surface area contributed by atoms with Gasteiger partial charge in [-0.2, -0.15) is 8.78 Å². The maximum Gasteiger partial charge on any atom is 0.360 e. The van der Waals surface area contributed by atoms with Crippen LogP contribution in [0.1, 0.15) is 26.5 Å². The van der Waals surface area contributed by atoms with E-state index in [4.69, 9.17) is 4.52 Å². The third-order valence-corrected chi connectivity index (χ3v) is 2.96. The van der Waals surface area contributed by atoms with E-state index in [-0.39, 0.29) is 18.1 Å². The van der Waals surface area contributed by atoms with Crippen molar-refractivity contribution < 1.29 is 22.4 Å². The number of rotatable bonds is 4. The minimum absolute atomic E-state index is 0.248.